The van der Waals surface area contributed by atoms with Gasteiger partial charge < -0.3 is 4.90 Å². The monoisotopic (exact) mass is 353 g/mol. The fraction of sp³-hybridized carbons (Fsp3) is 0.727. The van der Waals surface area contributed by atoms with Crippen LogP contribution in [0.1, 0.15) is 44.2 Å². The Labute approximate surface area is 157 Å². The molecule has 1 amide bonds. The van der Waals surface area contributed by atoms with E-state index in [1.807, 2.05) is 12.3 Å². The van der Waals surface area contributed by atoms with Crippen LogP contribution in [0.4, 0.5) is 0 Å². The van der Waals surface area contributed by atoms with Gasteiger partial charge in [-0.25, -0.2) is 0 Å². The lowest BCUT2D eigenvalue weighted by molar-refractivity contribution is -0.159. The van der Waals surface area contributed by atoms with Crippen molar-refractivity contribution < 1.29 is 4.79 Å². The van der Waals surface area contributed by atoms with Gasteiger partial charge in [-0.2, -0.15) is 0 Å². The van der Waals surface area contributed by atoms with Crippen LogP contribution < -0.4 is 0 Å². The van der Waals surface area contributed by atoms with Crippen LogP contribution in [0.3, 0.4) is 0 Å². The summed E-state index contributed by atoms with van der Waals surface area (Å²) in [5.41, 5.74) is 1.20. The van der Waals surface area contributed by atoms with Gasteiger partial charge >= 0.3 is 0 Å². The normalized spacial score (nSPS) is 36.5. The number of pyridine rings is 1. The van der Waals surface area contributed by atoms with Crippen LogP contribution in [-0.4, -0.2) is 53.4 Å². The summed E-state index contributed by atoms with van der Waals surface area (Å²) in [5.74, 6) is 3.07. The van der Waals surface area contributed by atoms with Crippen LogP contribution in [0.5, 0.6) is 0 Å². The molecule has 140 valence electrons. The second kappa shape index (κ2) is 6.63. The number of amides is 1. The maximum atomic E-state index is 13.4. The van der Waals surface area contributed by atoms with Crippen LogP contribution in [0.15, 0.2) is 24.4 Å². The molecule has 5 aliphatic rings. The second-order valence-corrected chi connectivity index (χ2v) is 9.40. The Morgan fingerprint density at radius 1 is 1.00 bits per heavy atom. The molecule has 6 rings (SSSR count). The van der Waals surface area contributed by atoms with E-state index in [9.17, 15) is 4.79 Å². The van der Waals surface area contributed by atoms with E-state index in [-0.39, 0.29) is 5.41 Å². The molecule has 5 fully saturated rings. The molecule has 1 aromatic heterocycles. The van der Waals surface area contributed by atoms with Gasteiger partial charge in [0.05, 0.1) is 5.41 Å². The first-order valence-corrected chi connectivity index (χ1v) is 10.6. The number of carbonyl (C=O) groups excluding carboxylic acids is 1. The molecule has 4 heteroatoms. The standard InChI is InChI=1S/C22H31N3O/c26-21(22-14-17-11-18(15-22)13-19(12-17)16-22)25-9-7-24(8-10-25)6-4-20-3-1-2-5-23-20/h1-3,5,17-19H,4,6-16H2. The molecule has 1 aromatic rings. The van der Waals surface area contributed by atoms with Crippen LogP contribution in [-0.2, 0) is 11.2 Å². The molecule has 0 spiro atoms. The van der Waals surface area contributed by atoms with Crippen molar-refractivity contribution in [3.8, 4) is 0 Å². The molecular formula is C22H31N3O. The Morgan fingerprint density at radius 3 is 2.23 bits per heavy atom. The number of rotatable bonds is 4. The van der Waals surface area contributed by atoms with Gasteiger partial charge in [0.1, 0.15) is 0 Å². The van der Waals surface area contributed by atoms with Crippen LogP contribution in [0.25, 0.3) is 0 Å². The molecule has 26 heavy (non-hydrogen) atoms. The van der Waals surface area contributed by atoms with Gasteiger partial charge in [0.2, 0.25) is 5.91 Å². The molecule has 4 saturated carbocycles. The van der Waals surface area contributed by atoms with Crippen LogP contribution >= 0.6 is 0 Å². The van der Waals surface area contributed by atoms with Crippen molar-refractivity contribution in [1.29, 1.82) is 0 Å². The van der Waals surface area contributed by atoms with Gasteiger partial charge in [-0.3, -0.25) is 14.7 Å². The Morgan fingerprint density at radius 2 is 1.65 bits per heavy atom. The zero-order chi connectivity index (χ0) is 17.6. The summed E-state index contributed by atoms with van der Waals surface area (Å²) >= 11 is 0. The summed E-state index contributed by atoms with van der Waals surface area (Å²) in [6, 6.07) is 6.13. The predicted octanol–water partition coefficient (Wildman–Crippen LogP) is 2.98. The average Bonchev–Trinajstić information content (AvgIpc) is 2.66. The Hall–Kier alpha value is -1.42. The molecule has 4 bridgehead atoms. The van der Waals surface area contributed by atoms with E-state index in [1.54, 1.807) is 0 Å². The van der Waals surface area contributed by atoms with E-state index in [0.717, 1.165) is 56.9 Å². The third-order valence-electron chi connectivity index (χ3n) is 7.56. The van der Waals surface area contributed by atoms with Gasteiger partial charge in [-0.05, 0) is 68.4 Å². The number of aromatic nitrogens is 1. The summed E-state index contributed by atoms with van der Waals surface area (Å²) < 4.78 is 0. The summed E-state index contributed by atoms with van der Waals surface area (Å²) in [7, 11) is 0. The highest BCUT2D eigenvalue weighted by Crippen LogP contribution is 2.60. The fourth-order valence-electron chi connectivity index (χ4n) is 6.70. The average molecular weight is 354 g/mol. The van der Waals surface area contributed by atoms with Gasteiger partial charge in [-0.1, -0.05) is 6.07 Å². The Bertz CT molecular complexity index is 615. The predicted molar refractivity (Wildman–Crippen MR) is 102 cm³/mol. The molecule has 0 N–H and O–H groups in total. The topological polar surface area (TPSA) is 36.4 Å². The molecule has 2 heterocycles. The summed E-state index contributed by atoms with van der Waals surface area (Å²) in [6.45, 7) is 4.93. The van der Waals surface area contributed by atoms with E-state index in [1.165, 1.54) is 44.2 Å². The highest BCUT2D eigenvalue weighted by atomic mass is 16.2. The van der Waals surface area contributed by atoms with Crippen molar-refractivity contribution in [3.05, 3.63) is 30.1 Å². The zero-order valence-electron chi connectivity index (χ0n) is 15.8. The third kappa shape index (κ3) is 3.06. The Balaban J connectivity index is 1.16. The largest absolute Gasteiger partial charge is 0.340 e. The summed E-state index contributed by atoms with van der Waals surface area (Å²) in [6.07, 6.45) is 10.7. The lowest BCUT2D eigenvalue weighted by atomic mass is 9.49. The van der Waals surface area contributed by atoms with E-state index in [2.05, 4.69) is 26.9 Å². The summed E-state index contributed by atoms with van der Waals surface area (Å²) in [5, 5.41) is 0. The van der Waals surface area contributed by atoms with Gasteiger partial charge in [0.25, 0.3) is 0 Å². The third-order valence-corrected chi connectivity index (χ3v) is 7.56. The fourth-order valence-corrected chi connectivity index (χ4v) is 6.70. The minimum atomic E-state index is 0.0326. The molecular weight excluding hydrogens is 322 g/mol. The van der Waals surface area contributed by atoms with E-state index >= 15 is 0 Å². The number of nitrogens with zero attached hydrogens (tertiary/aromatic N) is 3. The number of piperazine rings is 1. The Kier molecular flexibility index (Phi) is 4.27. The first kappa shape index (κ1) is 16.7. The van der Waals surface area contributed by atoms with Crippen molar-refractivity contribution in [2.45, 2.75) is 44.9 Å². The quantitative estimate of drug-likeness (QED) is 0.835. The maximum absolute atomic E-state index is 13.4. The van der Waals surface area contributed by atoms with Gasteiger partial charge in [0.15, 0.2) is 0 Å². The van der Waals surface area contributed by atoms with Crippen molar-refractivity contribution in [3.63, 3.8) is 0 Å². The zero-order valence-corrected chi connectivity index (χ0v) is 15.8. The highest BCUT2D eigenvalue weighted by molar-refractivity contribution is 5.83. The lowest BCUT2D eigenvalue weighted by Gasteiger charge is -2.57. The molecule has 0 atom stereocenters. The van der Waals surface area contributed by atoms with E-state index in [0.29, 0.717) is 5.91 Å². The lowest BCUT2D eigenvalue weighted by Crippen LogP contribution is -2.58. The minimum absolute atomic E-state index is 0.0326. The molecule has 1 saturated heterocycles. The smallest absolute Gasteiger partial charge is 0.228 e. The molecule has 0 aromatic carbocycles. The number of carbonyl (C=O) groups is 1. The summed E-state index contributed by atoms with van der Waals surface area (Å²) in [4.78, 5) is 22.6. The van der Waals surface area contributed by atoms with E-state index < -0.39 is 0 Å². The number of hydrogen-bond acceptors (Lipinski definition) is 3. The SMILES string of the molecule is O=C(N1CCN(CCc2ccccn2)CC1)C12CC3CC(CC(C3)C1)C2. The molecule has 4 aliphatic carbocycles. The van der Waals surface area contributed by atoms with Crippen molar-refractivity contribution >= 4 is 5.91 Å². The van der Waals surface area contributed by atoms with Gasteiger partial charge in [-0.15, -0.1) is 0 Å². The van der Waals surface area contributed by atoms with Crippen molar-refractivity contribution in [1.82, 2.24) is 14.8 Å². The minimum Gasteiger partial charge on any atom is -0.340 e. The molecule has 4 nitrogen and oxygen atoms in total. The maximum Gasteiger partial charge on any atom is 0.228 e. The van der Waals surface area contributed by atoms with Crippen LogP contribution in [0.2, 0.25) is 0 Å². The molecule has 0 unspecified atom stereocenters. The first-order chi connectivity index (χ1) is 12.7. The highest BCUT2D eigenvalue weighted by Gasteiger charge is 2.55. The van der Waals surface area contributed by atoms with E-state index in [4.69, 9.17) is 0 Å². The van der Waals surface area contributed by atoms with Gasteiger partial charge in [0, 0.05) is 51.0 Å². The second-order valence-electron chi connectivity index (χ2n) is 9.40. The first-order valence-electron chi connectivity index (χ1n) is 10.6. The van der Waals surface area contributed by atoms with Crippen molar-refractivity contribution in [2.24, 2.45) is 23.2 Å². The van der Waals surface area contributed by atoms with Crippen molar-refractivity contribution in [2.75, 3.05) is 32.7 Å². The number of hydrogen-bond donors (Lipinski definition) is 0. The van der Waals surface area contributed by atoms with Crippen LogP contribution in [0, 0.1) is 23.2 Å². The molecule has 1 aliphatic heterocycles. The molecule has 0 radical (unpaired) electrons.